The molecule has 7 nitrogen and oxygen atoms in total. The van der Waals surface area contributed by atoms with E-state index in [0.717, 1.165) is 17.8 Å². The van der Waals surface area contributed by atoms with Gasteiger partial charge in [-0.3, -0.25) is 9.71 Å². The summed E-state index contributed by atoms with van der Waals surface area (Å²) in [5.41, 5.74) is 6.31. The third-order valence-electron chi connectivity index (χ3n) is 2.84. The molecule has 0 aliphatic carbocycles. The minimum absolute atomic E-state index is 0.0146. The summed E-state index contributed by atoms with van der Waals surface area (Å²) in [5.74, 6) is 0.0146. The van der Waals surface area contributed by atoms with E-state index >= 15 is 0 Å². The lowest BCUT2D eigenvalue weighted by Crippen LogP contribution is -2.14. The SMILES string of the molecule is Nc1ncc(S(=O)(=O)Nc2cccc3cccnc23)cn1. The lowest BCUT2D eigenvalue weighted by Gasteiger charge is -2.09. The first-order valence-electron chi connectivity index (χ1n) is 6.00. The fourth-order valence-corrected chi connectivity index (χ4v) is 2.81. The maximum Gasteiger partial charge on any atom is 0.265 e. The van der Waals surface area contributed by atoms with E-state index in [1.807, 2.05) is 12.1 Å². The molecule has 0 unspecified atom stereocenters. The van der Waals surface area contributed by atoms with Gasteiger partial charge in [-0.25, -0.2) is 18.4 Å². The highest BCUT2D eigenvalue weighted by Gasteiger charge is 2.16. The standard InChI is InChI=1S/C13H11N5O2S/c14-13-16-7-10(8-17-13)21(19,20)18-11-5-1-3-9-4-2-6-15-12(9)11/h1-8,18H,(H2,14,16,17). The van der Waals surface area contributed by atoms with Crippen molar-refractivity contribution in [3.8, 4) is 0 Å². The molecule has 0 bridgehead atoms. The molecule has 0 atom stereocenters. The van der Waals surface area contributed by atoms with Crippen LogP contribution in [0.15, 0.2) is 53.8 Å². The molecular formula is C13H11N5O2S. The van der Waals surface area contributed by atoms with E-state index in [4.69, 9.17) is 5.73 Å². The van der Waals surface area contributed by atoms with Gasteiger partial charge in [-0.15, -0.1) is 0 Å². The molecule has 3 rings (SSSR count). The Balaban J connectivity index is 2.03. The summed E-state index contributed by atoms with van der Waals surface area (Å²) in [4.78, 5) is 11.5. The lowest BCUT2D eigenvalue weighted by molar-refractivity contribution is 0.600. The summed E-state index contributed by atoms with van der Waals surface area (Å²) in [6.45, 7) is 0. The second-order valence-corrected chi connectivity index (χ2v) is 5.95. The fourth-order valence-electron chi connectivity index (χ4n) is 1.86. The number of aromatic nitrogens is 3. The highest BCUT2D eigenvalue weighted by atomic mass is 32.2. The summed E-state index contributed by atoms with van der Waals surface area (Å²) in [6, 6.07) is 8.89. The number of anilines is 2. The number of para-hydroxylation sites is 1. The molecule has 3 N–H and O–H groups in total. The van der Waals surface area contributed by atoms with Crippen molar-refractivity contribution in [2.24, 2.45) is 0 Å². The Hall–Kier alpha value is -2.74. The molecule has 21 heavy (non-hydrogen) atoms. The molecule has 0 aliphatic rings. The van der Waals surface area contributed by atoms with E-state index in [0.29, 0.717) is 11.2 Å². The van der Waals surface area contributed by atoms with Crippen molar-refractivity contribution in [1.29, 1.82) is 0 Å². The molecule has 106 valence electrons. The van der Waals surface area contributed by atoms with Crippen LogP contribution in [0.4, 0.5) is 11.6 Å². The molecular weight excluding hydrogens is 290 g/mol. The highest BCUT2D eigenvalue weighted by Crippen LogP contribution is 2.23. The van der Waals surface area contributed by atoms with Crippen molar-refractivity contribution in [2.45, 2.75) is 4.90 Å². The topological polar surface area (TPSA) is 111 Å². The summed E-state index contributed by atoms with van der Waals surface area (Å²) in [7, 11) is -3.79. The molecule has 0 radical (unpaired) electrons. The predicted octanol–water partition coefficient (Wildman–Crippen LogP) is 1.41. The summed E-state index contributed by atoms with van der Waals surface area (Å²) in [6.07, 6.45) is 3.92. The minimum Gasteiger partial charge on any atom is -0.368 e. The average Bonchev–Trinajstić information content (AvgIpc) is 2.48. The summed E-state index contributed by atoms with van der Waals surface area (Å²) < 4.78 is 27.1. The van der Waals surface area contributed by atoms with Gasteiger partial charge in [0.2, 0.25) is 5.95 Å². The van der Waals surface area contributed by atoms with Gasteiger partial charge in [0, 0.05) is 11.6 Å². The van der Waals surface area contributed by atoms with Gasteiger partial charge in [0.1, 0.15) is 4.90 Å². The first kappa shape index (κ1) is 13.3. The number of rotatable bonds is 3. The second-order valence-electron chi connectivity index (χ2n) is 4.26. The molecule has 3 aromatic rings. The Morgan fingerprint density at radius 2 is 1.71 bits per heavy atom. The molecule has 2 aromatic heterocycles. The molecule has 0 aliphatic heterocycles. The van der Waals surface area contributed by atoms with E-state index in [2.05, 4.69) is 19.7 Å². The normalized spacial score (nSPS) is 11.4. The van der Waals surface area contributed by atoms with Crippen LogP contribution in [0, 0.1) is 0 Å². The van der Waals surface area contributed by atoms with E-state index in [-0.39, 0.29) is 10.8 Å². The number of hydrogen-bond acceptors (Lipinski definition) is 6. The van der Waals surface area contributed by atoms with Gasteiger partial charge in [0.05, 0.1) is 23.6 Å². The zero-order valence-electron chi connectivity index (χ0n) is 10.8. The van der Waals surface area contributed by atoms with E-state index < -0.39 is 10.0 Å². The van der Waals surface area contributed by atoms with Gasteiger partial charge in [-0.1, -0.05) is 18.2 Å². The lowest BCUT2D eigenvalue weighted by atomic mass is 10.2. The maximum absolute atomic E-state index is 12.3. The van der Waals surface area contributed by atoms with Crippen molar-refractivity contribution < 1.29 is 8.42 Å². The van der Waals surface area contributed by atoms with Crippen molar-refractivity contribution in [2.75, 3.05) is 10.5 Å². The Morgan fingerprint density at radius 1 is 1.00 bits per heavy atom. The first-order valence-corrected chi connectivity index (χ1v) is 7.49. The van der Waals surface area contributed by atoms with Gasteiger partial charge in [0.25, 0.3) is 10.0 Å². The zero-order chi connectivity index (χ0) is 14.9. The largest absolute Gasteiger partial charge is 0.368 e. The quantitative estimate of drug-likeness (QED) is 0.756. The van der Waals surface area contributed by atoms with Crippen LogP contribution in [0.3, 0.4) is 0 Å². The number of benzene rings is 1. The van der Waals surface area contributed by atoms with E-state index in [1.54, 1.807) is 24.4 Å². The van der Waals surface area contributed by atoms with Gasteiger partial charge in [-0.2, -0.15) is 0 Å². The second kappa shape index (κ2) is 4.98. The molecule has 8 heteroatoms. The van der Waals surface area contributed by atoms with Gasteiger partial charge >= 0.3 is 0 Å². The van der Waals surface area contributed by atoms with Crippen LogP contribution in [-0.4, -0.2) is 23.4 Å². The third-order valence-corrected chi connectivity index (χ3v) is 4.16. The molecule has 0 saturated heterocycles. The van der Waals surface area contributed by atoms with Crippen LogP contribution in [0.5, 0.6) is 0 Å². The van der Waals surface area contributed by atoms with Gasteiger partial charge in [-0.05, 0) is 12.1 Å². The number of pyridine rings is 1. The smallest absolute Gasteiger partial charge is 0.265 e. The predicted molar refractivity (Wildman–Crippen MR) is 79.0 cm³/mol. The zero-order valence-corrected chi connectivity index (χ0v) is 11.6. The fraction of sp³-hybridized carbons (Fsp3) is 0. The Morgan fingerprint density at radius 3 is 2.48 bits per heavy atom. The molecule has 0 spiro atoms. The highest BCUT2D eigenvalue weighted by molar-refractivity contribution is 7.92. The van der Waals surface area contributed by atoms with Crippen LogP contribution < -0.4 is 10.5 Å². The van der Waals surface area contributed by atoms with Crippen LogP contribution in [0.1, 0.15) is 0 Å². The number of nitrogens with one attached hydrogen (secondary N) is 1. The van der Waals surface area contributed by atoms with Crippen LogP contribution in [0.25, 0.3) is 10.9 Å². The van der Waals surface area contributed by atoms with Crippen LogP contribution in [-0.2, 0) is 10.0 Å². The number of nitrogens with two attached hydrogens (primary N) is 1. The molecule has 2 heterocycles. The number of hydrogen-bond donors (Lipinski definition) is 2. The Kier molecular flexibility index (Phi) is 3.15. The van der Waals surface area contributed by atoms with Crippen molar-refractivity contribution in [1.82, 2.24) is 15.0 Å². The maximum atomic E-state index is 12.3. The van der Waals surface area contributed by atoms with E-state index in [9.17, 15) is 8.42 Å². The minimum atomic E-state index is -3.79. The van der Waals surface area contributed by atoms with E-state index in [1.165, 1.54) is 0 Å². The van der Waals surface area contributed by atoms with Crippen molar-refractivity contribution >= 4 is 32.6 Å². The summed E-state index contributed by atoms with van der Waals surface area (Å²) >= 11 is 0. The molecule has 0 amide bonds. The monoisotopic (exact) mass is 301 g/mol. The third kappa shape index (κ3) is 2.61. The molecule has 1 aromatic carbocycles. The molecule has 0 saturated carbocycles. The van der Waals surface area contributed by atoms with Gasteiger partial charge in [0.15, 0.2) is 0 Å². The number of fused-ring (bicyclic) bond motifs is 1. The number of sulfonamides is 1. The van der Waals surface area contributed by atoms with Crippen LogP contribution in [0.2, 0.25) is 0 Å². The van der Waals surface area contributed by atoms with Gasteiger partial charge < -0.3 is 5.73 Å². The average molecular weight is 301 g/mol. The summed E-state index contributed by atoms with van der Waals surface area (Å²) in [5, 5.41) is 0.839. The van der Waals surface area contributed by atoms with Crippen molar-refractivity contribution in [3.63, 3.8) is 0 Å². The molecule has 0 fully saturated rings. The Labute approximate surface area is 120 Å². The Bertz CT molecular complexity index is 889. The first-order chi connectivity index (χ1) is 10.1. The van der Waals surface area contributed by atoms with Crippen molar-refractivity contribution in [3.05, 3.63) is 48.9 Å². The van der Waals surface area contributed by atoms with Crippen LogP contribution >= 0.6 is 0 Å². The number of nitrogen functional groups attached to an aromatic ring is 1. The number of nitrogens with zero attached hydrogens (tertiary/aromatic N) is 3.